The molecular formula is C15H27N3O. The quantitative estimate of drug-likeness (QED) is 0.785. The lowest BCUT2D eigenvalue weighted by Gasteiger charge is -2.16. The summed E-state index contributed by atoms with van der Waals surface area (Å²) in [6.07, 6.45) is 9.75. The van der Waals surface area contributed by atoms with Crippen molar-refractivity contribution >= 4 is 0 Å². The van der Waals surface area contributed by atoms with Gasteiger partial charge in [0.15, 0.2) is 0 Å². The Kier molecular flexibility index (Phi) is 5.86. The van der Waals surface area contributed by atoms with Gasteiger partial charge in [-0.2, -0.15) is 5.10 Å². The summed E-state index contributed by atoms with van der Waals surface area (Å²) in [5.41, 5.74) is 1.14. The molecule has 0 radical (unpaired) electrons. The van der Waals surface area contributed by atoms with Crippen LogP contribution in [0.5, 0.6) is 0 Å². The molecule has 1 fully saturated rings. The number of aromatic nitrogens is 2. The zero-order chi connectivity index (χ0) is 13.5. The molecule has 1 saturated carbocycles. The van der Waals surface area contributed by atoms with Crippen LogP contribution in [0.4, 0.5) is 0 Å². The Morgan fingerprint density at radius 3 is 2.95 bits per heavy atom. The van der Waals surface area contributed by atoms with Crippen molar-refractivity contribution in [1.29, 1.82) is 0 Å². The zero-order valence-electron chi connectivity index (χ0n) is 12.3. The molecule has 1 aromatic rings. The Morgan fingerprint density at radius 1 is 1.47 bits per heavy atom. The van der Waals surface area contributed by atoms with E-state index in [0.717, 1.165) is 25.3 Å². The lowest BCUT2D eigenvalue weighted by Crippen LogP contribution is -2.32. The summed E-state index contributed by atoms with van der Waals surface area (Å²) in [5, 5.41) is 8.24. The number of nitrogens with zero attached hydrogens (tertiary/aromatic N) is 2. The number of nitrogens with one attached hydrogen (secondary N) is 1. The standard InChI is InChI=1S/C15H27N3O/c1-3-6-14(12-19-2)16-11-13-9-10-18(17-13)15-7-4-5-8-15/h9-10,14-16H,3-8,11-12H2,1-2H3. The average molecular weight is 265 g/mol. The predicted octanol–water partition coefficient (Wildman–Crippen LogP) is 2.90. The maximum absolute atomic E-state index is 5.24. The van der Waals surface area contributed by atoms with Crippen LogP contribution in [0.1, 0.15) is 57.2 Å². The fraction of sp³-hybridized carbons (Fsp3) is 0.800. The van der Waals surface area contributed by atoms with Crippen LogP contribution in [-0.4, -0.2) is 29.5 Å². The molecule has 0 aliphatic heterocycles. The Balaban J connectivity index is 1.81. The zero-order valence-corrected chi connectivity index (χ0v) is 12.3. The topological polar surface area (TPSA) is 39.1 Å². The second-order valence-electron chi connectivity index (χ2n) is 5.55. The maximum atomic E-state index is 5.24. The molecule has 19 heavy (non-hydrogen) atoms. The molecule has 1 N–H and O–H groups in total. The van der Waals surface area contributed by atoms with E-state index in [1.54, 1.807) is 7.11 Å². The highest BCUT2D eigenvalue weighted by Gasteiger charge is 2.17. The monoisotopic (exact) mass is 265 g/mol. The average Bonchev–Trinajstić information content (AvgIpc) is 3.07. The number of methoxy groups -OCH3 is 1. The molecule has 4 nitrogen and oxygen atoms in total. The molecule has 0 spiro atoms. The van der Waals surface area contributed by atoms with Crippen molar-refractivity contribution in [2.45, 2.75) is 64.1 Å². The van der Waals surface area contributed by atoms with E-state index < -0.39 is 0 Å². The van der Waals surface area contributed by atoms with Crippen LogP contribution < -0.4 is 5.32 Å². The van der Waals surface area contributed by atoms with Crippen LogP contribution in [0.25, 0.3) is 0 Å². The summed E-state index contributed by atoms with van der Waals surface area (Å²) in [6.45, 7) is 3.82. The normalized spacial score (nSPS) is 18.0. The van der Waals surface area contributed by atoms with Gasteiger partial charge in [0.2, 0.25) is 0 Å². The number of hydrogen-bond acceptors (Lipinski definition) is 3. The van der Waals surface area contributed by atoms with E-state index in [-0.39, 0.29) is 0 Å². The third kappa shape index (κ3) is 4.32. The van der Waals surface area contributed by atoms with Crippen molar-refractivity contribution in [3.05, 3.63) is 18.0 Å². The third-order valence-electron chi connectivity index (χ3n) is 3.94. The van der Waals surface area contributed by atoms with Gasteiger partial charge in [0.1, 0.15) is 0 Å². The Hall–Kier alpha value is -0.870. The van der Waals surface area contributed by atoms with E-state index in [0.29, 0.717) is 12.1 Å². The van der Waals surface area contributed by atoms with Crippen LogP contribution in [0.15, 0.2) is 12.3 Å². The summed E-state index contributed by atoms with van der Waals surface area (Å²) < 4.78 is 7.41. The highest BCUT2D eigenvalue weighted by atomic mass is 16.5. The van der Waals surface area contributed by atoms with Gasteiger partial charge in [-0.3, -0.25) is 4.68 Å². The molecule has 4 heteroatoms. The van der Waals surface area contributed by atoms with Gasteiger partial charge in [0.05, 0.1) is 18.3 Å². The van der Waals surface area contributed by atoms with Crippen molar-refractivity contribution in [1.82, 2.24) is 15.1 Å². The first-order valence-corrected chi connectivity index (χ1v) is 7.59. The summed E-state index contributed by atoms with van der Waals surface area (Å²) in [4.78, 5) is 0. The van der Waals surface area contributed by atoms with Gasteiger partial charge in [-0.1, -0.05) is 26.2 Å². The molecule has 0 aromatic carbocycles. The van der Waals surface area contributed by atoms with Crippen molar-refractivity contribution < 1.29 is 4.74 Å². The summed E-state index contributed by atoms with van der Waals surface area (Å²) >= 11 is 0. The molecule has 0 saturated heterocycles. The van der Waals surface area contributed by atoms with Crippen molar-refractivity contribution in [3.63, 3.8) is 0 Å². The highest BCUT2D eigenvalue weighted by molar-refractivity contribution is 5.00. The van der Waals surface area contributed by atoms with E-state index in [4.69, 9.17) is 9.84 Å². The van der Waals surface area contributed by atoms with Crippen LogP contribution in [0.3, 0.4) is 0 Å². The molecule has 0 amide bonds. The molecular weight excluding hydrogens is 238 g/mol. The minimum atomic E-state index is 0.437. The first kappa shape index (κ1) is 14.5. The Morgan fingerprint density at radius 2 is 2.26 bits per heavy atom. The van der Waals surface area contributed by atoms with Crippen molar-refractivity contribution in [2.75, 3.05) is 13.7 Å². The first-order chi connectivity index (χ1) is 9.33. The maximum Gasteiger partial charge on any atom is 0.0762 e. The van der Waals surface area contributed by atoms with E-state index in [2.05, 4.69) is 29.2 Å². The lowest BCUT2D eigenvalue weighted by atomic mass is 10.2. The molecule has 1 aliphatic rings. The Bertz CT molecular complexity index is 352. The van der Waals surface area contributed by atoms with Crippen LogP contribution in [0, 0.1) is 0 Å². The SMILES string of the molecule is CCCC(COC)NCc1ccn(C2CCCC2)n1. The van der Waals surface area contributed by atoms with Gasteiger partial charge in [-0.25, -0.2) is 0 Å². The first-order valence-electron chi connectivity index (χ1n) is 7.59. The lowest BCUT2D eigenvalue weighted by molar-refractivity contribution is 0.161. The van der Waals surface area contributed by atoms with Gasteiger partial charge in [0.25, 0.3) is 0 Å². The van der Waals surface area contributed by atoms with Gasteiger partial charge >= 0.3 is 0 Å². The fourth-order valence-electron chi connectivity index (χ4n) is 2.89. The van der Waals surface area contributed by atoms with Gasteiger partial charge in [0, 0.05) is 25.9 Å². The van der Waals surface area contributed by atoms with Crippen LogP contribution in [0.2, 0.25) is 0 Å². The molecule has 1 atom stereocenters. The van der Waals surface area contributed by atoms with Crippen molar-refractivity contribution in [2.24, 2.45) is 0 Å². The van der Waals surface area contributed by atoms with E-state index in [1.165, 1.54) is 32.1 Å². The van der Waals surface area contributed by atoms with Crippen molar-refractivity contribution in [3.8, 4) is 0 Å². The van der Waals surface area contributed by atoms with Gasteiger partial charge in [-0.05, 0) is 25.3 Å². The third-order valence-corrected chi connectivity index (χ3v) is 3.94. The number of rotatable bonds is 8. The highest BCUT2D eigenvalue weighted by Crippen LogP contribution is 2.28. The molecule has 0 bridgehead atoms. The molecule has 1 aromatic heterocycles. The predicted molar refractivity (Wildman–Crippen MR) is 77.1 cm³/mol. The molecule has 1 aliphatic carbocycles. The fourth-order valence-corrected chi connectivity index (χ4v) is 2.89. The molecule has 1 unspecified atom stereocenters. The van der Waals surface area contributed by atoms with Crippen LogP contribution in [-0.2, 0) is 11.3 Å². The van der Waals surface area contributed by atoms with Crippen LogP contribution >= 0.6 is 0 Å². The second-order valence-corrected chi connectivity index (χ2v) is 5.55. The summed E-state index contributed by atoms with van der Waals surface area (Å²) in [6, 6.07) is 3.21. The Labute approximate surface area is 116 Å². The minimum Gasteiger partial charge on any atom is -0.383 e. The largest absolute Gasteiger partial charge is 0.383 e. The van der Waals surface area contributed by atoms with E-state index in [9.17, 15) is 0 Å². The van der Waals surface area contributed by atoms with Gasteiger partial charge < -0.3 is 10.1 Å². The molecule has 108 valence electrons. The molecule has 2 rings (SSSR count). The van der Waals surface area contributed by atoms with E-state index >= 15 is 0 Å². The number of hydrogen-bond donors (Lipinski definition) is 1. The minimum absolute atomic E-state index is 0.437. The molecule has 1 heterocycles. The van der Waals surface area contributed by atoms with Gasteiger partial charge in [-0.15, -0.1) is 0 Å². The summed E-state index contributed by atoms with van der Waals surface area (Å²) in [5.74, 6) is 0. The van der Waals surface area contributed by atoms with E-state index in [1.807, 2.05) is 0 Å². The smallest absolute Gasteiger partial charge is 0.0762 e. The summed E-state index contributed by atoms with van der Waals surface area (Å²) in [7, 11) is 1.76. The number of ether oxygens (including phenoxy) is 1. The second kappa shape index (κ2) is 7.65.